The molecule has 2 heterocycles. The van der Waals surface area contributed by atoms with Crippen molar-refractivity contribution in [3.05, 3.63) is 70.4 Å². The first kappa shape index (κ1) is 17.1. The molecule has 1 atom stereocenters. The molecular formula is C21H21N3O3. The fourth-order valence-electron chi connectivity index (χ4n) is 3.80. The molecule has 138 valence electrons. The van der Waals surface area contributed by atoms with Crippen LogP contribution in [0.1, 0.15) is 22.7 Å². The SMILES string of the molecule is Cc1cc(C)cc(N2CC3=C(C2=O)[C@H](c2ccc(O)cc2)NC(=O)N3C)c1. The fraction of sp³-hybridized carbons (Fsp3) is 0.238. The van der Waals surface area contributed by atoms with Gasteiger partial charge in [-0.15, -0.1) is 0 Å². The van der Waals surface area contributed by atoms with Crippen molar-refractivity contribution in [2.45, 2.75) is 19.9 Å². The maximum atomic E-state index is 13.3. The Morgan fingerprint density at radius 3 is 2.30 bits per heavy atom. The van der Waals surface area contributed by atoms with E-state index in [0.29, 0.717) is 17.8 Å². The van der Waals surface area contributed by atoms with Gasteiger partial charge in [0.1, 0.15) is 5.75 Å². The molecule has 2 aromatic carbocycles. The summed E-state index contributed by atoms with van der Waals surface area (Å²) in [5, 5.41) is 12.4. The largest absolute Gasteiger partial charge is 0.508 e. The monoisotopic (exact) mass is 363 g/mol. The molecule has 6 nitrogen and oxygen atoms in total. The molecule has 2 aliphatic rings. The number of hydrogen-bond acceptors (Lipinski definition) is 3. The molecule has 0 unspecified atom stereocenters. The van der Waals surface area contributed by atoms with Gasteiger partial charge in [0.25, 0.3) is 5.91 Å². The van der Waals surface area contributed by atoms with Crippen molar-refractivity contribution in [2.75, 3.05) is 18.5 Å². The Labute approximate surface area is 157 Å². The molecule has 0 spiro atoms. The Morgan fingerprint density at radius 2 is 1.67 bits per heavy atom. The zero-order valence-electron chi connectivity index (χ0n) is 15.5. The Bertz CT molecular complexity index is 958. The highest BCUT2D eigenvalue weighted by atomic mass is 16.3. The van der Waals surface area contributed by atoms with Gasteiger partial charge in [0.05, 0.1) is 23.9 Å². The van der Waals surface area contributed by atoms with E-state index in [1.54, 1.807) is 36.2 Å². The van der Waals surface area contributed by atoms with E-state index in [0.717, 1.165) is 22.4 Å². The third kappa shape index (κ3) is 2.83. The van der Waals surface area contributed by atoms with E-state index >= 15 is 0 Å². The summed E-state index contributed by atoms with van der Waals surface area (Å²) in [5.41, 5.74) is 5.04. The minimum Gasteiger partial charge on any atom is -0.508 e. The molecule has 0 aliphatic carbocycles. The number of phenols is 1. The van der Waals surface area contributed by atoms with Gasteiger partial charge in [0.15, 0.2) is 0 Å². The first-order valence-electron chi connectivity index (χ1n) is 8.81. The van der Waals surface area contributed by atoms with Crippen LogP contribution in [0.3, 0.4) is 0 Å². The summed E-state index contributed by atoms with van der Waals surface area (Å²) in [4.78, 5) is 29.0. The molecule has 27 heavy (non-hydrogen) atoms. The highest BCUT2D eigenvalue weighted by Crippen LogP contribution is 2.38. The number of nitrogens with zero attached hydrogens (tertiary/aromatic N) is 2. The quantitative estimate of drug-likeness (QED) is 0.861. The summed E-state index contributed by atoms with van der Waals surface area (Å²) in [6, 6.07) is 11.8. The van der Waals surface area contributed by atoms with Gasteiger partial charge >= 0.3 is 6.03 Å². The standard InChI is InChI=1S/C21H21N3O3/c1-12-8-13(2)10-15(9-12)24-11-17-18(20(24)26)19(22-21(27)23(17)3)14-4-6-16(25)7-5-14/h4-10,19,25H,11H2,1-3H3,(H,22,27)/t19-/m0/s1. The molecule has 0 aromatic heterocycles. The summed E-state index contributed by atoms with van der Waals surface area (Å²) >= 11 is 0. The first-order chi connectivity index (χ1) is 12.8. The maximum Gasteiger partial charge on any atom is 0.322 e. The van der Waals surface area contributed by atoms with E-state index in [4.69, 9.17) is 0 Å². The third-order valence-electron chi connectivity index (χ3n) is 5.10. The number of urea groups is 1. The van der Waals surface area contributed by atoms with E-state index in [1.165, 1.54) is 4.90 Å². The number of anilines is 1. The minimum atomic E-state index is -0.535. The van der Waals surface area contributed by atoms with E-state index in [1.807, 2.05) is 26.0 Å². The Kier molecular flexibility index (Phi) is 3.91. The molecule has 0 radical (unpaired) electrons. The van der Waals surface area contributed by atoms with Gasteiger partial charge in [-0.2, -0.15) is 0 Å². The van der Waals surface area contributed by atoms with Gasteiger partial charge in [0, 0.05) is 12.7 Å². The Morgan fingerprint density at radius 1 is 1.04 bits per heavy atom. The Balaban J connectivity index is 1.77. The average molecular weight is 363 g/mol. The lowest BCUT2D eigenvalue weighted by atomic mass is 9.95. The van der Waals surface area contributed by atoms with Gasteiger partial charge in [-0.25, -0.2) is 4.79 Å². The second-order valence-electron chi connectivity index (χ2n) is 7.13. The topological polar surface area (TPSA) is 72.9 Å². The van der Waals surface area contributed by atoms with Crippen LogP contribution in [0.5, 0.6) is 5.75 Å². The lowest BCUT2D eigenvalue weighted by Crippen LogP contribution is -2.45. The van der Waals surface area contributed by atoms with Crippen LogP contribution in [0.25, 0.3) is 0 Å². The molecule has 0 fully saturated rings. The van der Waals surface area contributed by atoms with Crippen molar-refractivity contribution >= 4 is 17.6 Å². The summed E-state index contributed by atoms with van der Waals surface area (Å²) in [6.45, 7) is 4.36. The van der Waals surface area contributed by atoms with Crippen LogP contribution in [0.2, 0.25) is 0 Å². The average Bonchev–Trinajstić information content (AvgIpc) is 2.96. The first-order valence-corrected chi connectivity index (χ1v) is 8.81. The van der Waals surface area contributed by atoms with Crippen LogP contribution < -0.4 is 10.2 Å². The zero-order valence-corrected chi connectivity index (χ0v) is 15.5. The predicted molar refractivity (Wildman–Crippen MR) is 102 cm³/mol. The van der Waals surface area contributed by atoms with Gasteiger partial charge in [-0.1, -0.05) is 18.2 Å². The zero-order chi connectivity index (χ0) is 19.3. The lowest BCUT2D eigenvalue weighted by molar-refractivity contribution is -0.114. The van der Waals surface area contributed by atoms with E-state index in [9.17, 15) is 14.7 Å². The minimum absolute atomic E-state index is 0.111. The molecule has 3 amide bonds. The molecule has 0 bridgehead atoms. The number of rotatable bonds is 2. The van der Waals surface area contributed by atoms with Crippen LogP contribution >= 0.6 is 0 Å². The third-order valence-corrected chi connectivity index (χ3v) is 5.10. The van der Waals surface area contributed by atoms with Crippen molar-refractivity contribution in [3.63, 3.8) is 0 Å². The van der Waals surface area contributed by atoms with Crippen LogP contribution in [0.4, 0.5) is 10.5 Å². The van der Waals surface area contributed by atoms with Crippen LogP contribution in [-0.4, -0.2) is 35.5 Å². The van der Waals surface area contributed by atoms with E-state index in [-0.39, 0.29) is 17.7 Å². The number of phenolic OH excluding ortho intramolecular Hbond substituents is 1. The van der Waals surface area contributed by atoms with Crippen LogP contribution in [0, 0.1) is 13.8 Å². The number of carbonyl (C=O) groups excluding carboxylic acids is 2. The smallest absolute Gasteiger partial charge is 0.322 e. The molecule has 0 saturated carbocycles. The van der Waals surface area contributed by atoms with Crippen molar-refractivity contribution in [3.8, 4) is 5.75 Å². The number of aromatic hydroxyl groups is 1. The molecule has 2 N–H and O–H groups in total. The summed E-state index contributed by atoms with van der Waals surface area (Å²) in [7, 11) is 1.68. The van der Waals surface area contributed by atoms with E-state index < -0.39 is 6.04 Å². The van der Waals surface area contributed by atoms with Crippen molar-refractivity contribution in [1.82, 2.24) is 10.2 Å². The van der Waals surface area contributed by atoms with Crippen molar-refractivity contribution in [1.29, 1.82) is 0 Å². The fourth-order valence-corrected chi connectivity index (χ4v) is 3.80. The van der Waals surface area contributed by atoms with Gasteiger partial charge < -0.3 is 15.3 Å². The summed E-state index contributed by atoms with van der Waals surface area (Å²) in [5.74, 6) is 0.0294. The summed E-state index contributed by atoms with van der Waals surface area (Å²) in [6.07, 6.45) is 0. The molecular weight excluding hydrogens is 342 g/mol. The molecule has 4 rings (SSSR count). The second kappa shape index (κ2) is 6.16. The van der Waals surface area contributed by atoms with Crippen molar-refractivity contribution < 1.29 is 14.7 Å². The summed E-state index contributed by atoms with van der Waals surface area (Å²) < 4.78 is 0. The predicted octanol–water partition coefficient (Wildman–Crippen LogP) is 3.01. The van der Waals surface area contributed by atoms with Gasteiger partial charge in [-0.05, 0) is 54.8 Å². The number of amides is 3. The molecule has 2 aromatic rings. The number of likely N-dealkylation sites (N-methyl/N-ethyl adjacent to an activating group) is 1. The molecule has 0 saturated heterocycles. The number of carbonyl (C=O) groups is 2. The number of hydrogen-bond donors (Lipinski definition) is 2. The molecule has 2 aliphatic heterocycles. The highest BCUT2D eigenvalue weighted by Gasteiger charge is 2.43. The molecule has 6 heteroatoms. The number of benzene rings is 2. The van der Waals surface area contributed by atoms with Gasteiger partial charge in [-0.3, -0.25) is 9.69 Å². The maximum absolute atomic E-state index is 13.3. The Hall–Kier alpha value is -3.28. The highest BCUT2D eigenvalue weighted by molar-refractivity contribution is 6.11. The van der Waals surface area contributed by atoms with Crippen LogP contribution in [0.15, 0.2) is 53.7 Å². The lowest BCUT2D eigenvalue weighted by Gasteiger charge is -2.31. The second-order valence-corrected chi connectivity index (χ2v) is 7.13. The van der Waals surface area contributed by atoms with Crippen molar-refractivity contribution in [2.24, 2.45) is 0 Å². The number of aryl methyl sites for hydroxylation is 2. The van der Waals surface area contributed by atoms with Gasteiger partial charge in [0.2, 0.25) is 0 Å². The van der Waals surface area contributed by atoms with E-state index in [2.05, 4.69) is 11.4 Å². The van der Waals surface area contributed by atoms with Crippen LogP contribution in [-0.2, 0) is 4.79 Å². The number of nitrogens with one attached hydrogen (secondary N) is 1. The normalized spacial score (nSPS) is 19.4.